The third-order valence-electron chi connectivity index (χ3n) is 5.62. The van der Waals surface area contributed by atoms with Gasteiger partial charge >= 0.3 is 0 Å². The molecule has 2 heteroatoms. The van der Waals surface area contributed by atoms with E-state index in [4.69, 9.17) is 11.6 Å². The number of hydrogen-bond donors (Lipinski definition) is 0. The van der Waals surface area contributed by atoms with Gasteiger partial charge in [-0.05, 0) is 67.7 Å². The first-order valence-corrected chi connectivity index (χ1v) is 10.9. The van der Waals surface area contributed by atoms with Gasteiger partial charge in [0, 0.05) is 23.5 Å². The molecule has 0 saturated carbocycles. The molecular weight excluding hydrogens is 386 g/mol. The minimum atomic E-state index is 0.740. The topological polar surface area (TPSA) is 3.24 Å². The van der Waals surface area contributed by atoms with Gasteiger partial charge in [0.15, 0.2) is 0 Å². The minimum absolute atomic E-state index is 0.740. The zero-order valence-electron chi connectivity index (χ0n) is 18.4. The number of fused-ring (bicyclic) bond motifs is 1. The van der Waals surface area contributed by atoms with Gasteiger partial charge in [-0.15, -0.1) is 0 Å². The Morgan fingerprint density at radius 1 is 1.03 bits per heavy atom. The molecule has 1 heterocycles. The van der Waals surface area contributed by atoms with Gasteiger partial charge < -0.3 is 4.90 Å². The van der Waals surface area contributed by atoms with Gasteiger partial charge in [0.2, 0.25) is 0 Å². The van der Waals surface area contributed by atoms with Crippen LogP contribution < -0.4 is 4.90 Å². The van der Waals surface area contributed by atoms with Crippen LogP contribution in [0.15, 0.2) is 90.7 Å². The van der Waals surface area contributed by atoms with Crippen molar-refractivity contribution in [1.29, 1.82) is 0 Å². The lowest BCUT2D eigenvalue weighted by atomic mass is 9.92. The summed E-state index contributed by atoms with van der Waals surface area (Å²) < 4.78 is 0. The average molecular weight is 416 g/mol. The van der Waals surface area contributed by atoms with Crippen molar-refractivity contribution >= 4 is 33.5 Å². The summed E-state index contributed by atoms with van der Waals surface area (Å²) in [6.45, 7) is 13.7. The molecule has 0 fully saturated rings. The van der Waals surface area contributed by atoms with Gasteiger partial charge in [0.25, 0.3) is 0 Å². The van der Waals surface area contributed by atoms with Gasteiger partial charge in [-0.3, -0.25) is 0 Å². The highest BCUT2D eigenvalue weighted by Gasteiger charge is 2.20. The predicted octanol–water partition coefficient (Wildman–Crippen LogP) is 8.46. The van der Waals surface area contributed by atoms with Crippen LogP contribution in [-0.2, 0) is 0 Å². The third kappa shape index (κ3) is 4.68. The number of nitrogens with zero attached hydrogens (tertiary/aromatic N) is 1. The number of allylic oxidation sites excluding steroid dienone is 7. The molecule has 0 spiro atoms. The molecule has 0 amide bonds. The van der Waals surface area contributed by atoms with Crippen molar-refractivity contribution in [2.45, 2.75) is 34.1 Å². The van der Waals surface area contributed by atoms with Gasteiger partial charge in [-0.25, -0.2) is 0 Å². The Labute approximate surface area is 186 Å². The fraction of sp³-hybridized carbons (Fsp3) is 0.214. The summed E-state index contributed by atoms with van der Waals surface area (Å²) in [7, 11) is 0. The van der Waals surface area contributed by atoms with Crippen molar-refractivity contribution in [1.82, 2.24) is 0 Å². The van der Waals surface area contributed by atoms with Crippen LogP contribution in [0.3, 0.4) is 0 Å². The van der Waals surface area contributed by atoms with Crippen LogP contribution in [0.5, 0.6) is 0 Å². The molecule has 0 aromatic heterocycles. The molecule has 30 heavy (non-hydrogen) atoms. The lowest BCUT2D eigenvalue weighted by Gasteiger charge is -2.30. The summed E-state index contributed by atoms with van der Waals surface area (Å²) in [5, 5.41) is 0.740. The summed E-state index contributed by atoms with van der Waals surface area (Å²) >= 11 is 6.63. The molecule has 0 saturated heterocycles. The summed E-state index contributed by atoms with van der Waals surface area (Å²) in [5.74, 6) is 0. The highest BCUT2D eigenvalue weighted by Crippen LogP contribution is 2.40. The molecule has 2 aromatic carbocycles. The predicted molar refractivity (Wildman–Crippen MR) is 135 cm³/mol. The van der Waals surface area contributed by atoms with E-state index < -0.39 is 0 Å². The number of rotatable bonds is 6. The number of likely N-dealkylation sites (N-methyl/N-ethyl adjacent to an activating group) is 1. The third-order valence-corrected chi connectivity index (χ3v) is 5.94. The molecule has 2 aromatic rings. The molecule has 1 aliphatic rings. The zero-order chi connectivity index (χ0) is 21.7. The number of anilines is 1. The van der Waals surface area contributed by atoms with Crippen LogP contribution in [0, 0.1) is 0 Å². The second-order valence-electron chi connectivity index (χ2n) is 7.59. The molecule has 0 bridgehead atoms. The van der Waals surface area contributed by atoms with Crippen LogP contribution in [0.4, 0.5) is 5.69 Å². The van der Waals surface area contributed by atoms with Crippen molar-refractivity contribution in [2.24, 2.45) is 0 Å². The monoisotopic (exact) mass is 415 g/mol. The van der Waals surface area contributed by atoms with E-state index in [0.717, 1.165) is 40.5 Å². The lowest BCUT2D eigenvalue weighted by Crippen LogP contribution is -2.23. The SMILES string of the molecule is C=C1C=C(Cl)c2cc(C(/C=C\C=C(/C)CC)=C(/C)c3ccccc3)ccc2N1CC. The molecule has 0 radical (unpaired) electrons. The quantitative estimate of drug-likeness (QED) is 0.337. The second kappa shape index (κ2) is 9.82. The van der Waals surface area contributed by atoms with Crippen molar-refractivity contribution < 1.29 is 0 Å². The first-order valence-electron chi connectivity index (χ1n) is 10.5. The molecule has 0 unspecified atom stereocenters. The summed E-state index contributed by atoms with van der Waals surface area (Å²) in [5.41, 5.74) is 9.26. The van der Waals surface area contributed by atoms with E-state index in [0.29, 0.717) is 0 Å². The second-order valence-corrected chi connectivity index (χ2v) is 8.00. The Morgan fingerprint density at radius 3 is 2.43 bits per heavy atom. The van der Waals surface area contributed by atoms with Crippen molar-refractivity contribution in [2.75, 3.05) is 11.4 Å². The largest absolute Gasteiger partial charge is 0.342 e. The Bertz CT molecular complexity index is 1050. The summed E-state index contributed by atoms with van der Waals surface area (Å²) in [6, 6.07) is 17.1. The highest BCUT2D eigenvalue weighted by atomic mass is 35.5. The Morgan fingerprint density at radius 2 is 1.77 bits per heavy atom. The van der Waals surface area contributed by atoms with Crippen molar-refractivity contribution in [3.63, 3.8) is 0 Å². The standard InChI is InChI=1S/C28H30ClN/c1-6-20(3)12-11-15-25(22(5)23-13-9-8-10-14-23)24-16-17-28-26(19-24)27(29)18-21(4)30(28)7-2/h8-19H,4,6-7H2,1-3,5H3/b15-11-,20-12+,25-22-. The first kappa shape index (κ1) is 21.9. The Kier molecular flexibility index (Phi) is 7.18. The van der Waals surface area contributed by atoms with E-state index in [1.165, 1.54) is 22.3 Å². The van der Waals surface area contributed by atoms with E-state index in [1.54, 1.807) is 0 Å². The summed E-state index contributed by atoms with van der Waals surface area (Å²) in [4.78, 5) is 2.20. The van der Waals surface area contributed by atoms with Gasteiger partial charge in [-0.2, -0.15) is 0 Å². The maximum Gasteiger partial charge on any atom is 0.0520 e. The van der Waals surface area contributed by atoms with Crippen molar-refractivity contribution in [3.8, 4) is 0 Å². The number of halogens is 1. The Balaban J connectivity index is 2.15. The maximum atomic E-state index is 6.63. The van der Waals surface area contributed by atoms with Crippen LogP contribution in [0.2, 0.25) is 0 Å². The average Bonchev–Trinajstić information content (AvgIpc) is 2.77. The number of hydrogen-bond acceptors (Lipinski definition) is 1. The highest BCUT2D eigenvalue weighted by molar-refractivity contribution is 6.50. The molecule has 0 atom stereocenters. The summed E-state index contributed by atoms with van der Waals surface area (Å²) in [6.07, 6.45) is 9.55. The van der Waals surface area contributed by atoms with E-state index in [-0.39, 0.29) is 0 Å². The van der Waals surface area contributed by atoms with Crippen LogP contribution in [0.25, 0.3) is 16.2 Å². The van der Waals surface area contributed by atoms with Crippen LogP contribution in [-0.4, -0.2) is 6.54 Å². The smallest absolute Gasteiger partial charge is 0.0520 e. The van der Waals surface area contributed by atoms with Crippen LogP contribution in [0.1, 0.15) is 50.8 Å². The van der Waals surface area contributed by atoms with Gasteiger partial charge in [-0.1, -0.05) is 85.3 Å². The molecule has 154 valence electrons. The van der Waals surface area contributed by atoms with E-state index in [9.17, 15) is 0 Å². The lowest BCUT2D eigenvalue weighted by molar-refractivity contribution is 0.974. The Hall–Kier alpha value is -2.77. The molecule has 1 nitrogen and oxygen atoms in total. The van der Waals surface area contributed by atoms with Crippen molar-refractivity contribution in [3.05, 3.63) is 107 Å². The number of benzene rings is 2. The molecule has 0 N–H and O–H groups in total. The molecule has 1 aliphatic heterocycles. The fourth-order valence-corrected chi connectivity index (χ4v) is 3.95. The van der Waals surface area contributed by atoms with Gasteiger partial charge in [0.05, 0.1) is 5.03 Å². The maximum absolute atomic E-state index is 6.63. The van der Waals surface area contributed by atoms with E-state index in [1.807, 2.05) is 6.08 Å². The zero-order valence-corrected chi connectivity index (χ0v) is 19.1. The van der Waals surface area contributed by atoms with E-state index in [2.05, 4.69) is 106 Å². The van der Waals surface area contributed by atoms with E-state index >= 15 is 0 Å². The molecular formula is C28H30ClN. The van der Waals surface area contributed by atoms with Crippen LogP contribution >= 0.6 is 11.6 Å². The molecule has 3 rings (SSSR count). The minimum Gasteiger partial charge on any atom is -0.342 e. The first-order chi connectivity index (χ1) is 14.5. The van der Waals surface area contributed by atoms with Gasteiger partial charge in [0.1, 0.15) is 0 Å². The molecule has 0 aliphatic carbocycles. The fourth-order valence-electron chi connectivity index (χ4n) is 3.67. The normalized spacial score (nSPS) is 15.2.